The number of carbonyl (C=O) groups excluding carboxylic acids is 2. The predicted octanol–water partition coefficient (Wildman–Crippen LogP) is 3.06. The molecule has 2 aromatic carbocycles. The number of nitrogens with one attached hydrogen (secondary N) is 2. The van der Waals surface area contributed by atoms with Crippen LogP contribution in [-0.4, -0.2) is 26.0 Å². The Bertz CT molecular complexity index is 899. The summed E-state index contributed by atoms with van der Waals surface area (Å²) in [6, 6.07) is 11.5. The summed E-state index contributed by atoms with van der Waals surface area (Å²) < 4.78 is 24.8. The van der Waals surface area contributed by atoms with E-state index < -0.39 is 9.84 Å². The number of aryl methyl sites for hydroxylation is 2. The third kappa shape index (κ3) is 5.16. The van der Waals surface area contributed by atoms with Gasteiger partial charge in [-0.05, 0) is 49.2 Å². The van der Waals surface area contributed by atoms with Crippen LogP contribution in [0.3, 0.4) is 0 Å². The highest BCUT2D eigenvalue weighted by atomic mass is 32.2. The number of anilines is 2. The van der Waals surface area contributed by atoms with Gasteiger partial charge in [-0.1, -0.05) is 18.2 Å². The summed E-state index contributed by atoms with van der Waals surface area (Å²) in [5.74, 6) is -0.868. The predicted molar refractivity (Wildman–Crippen MR) is 102 cm³/mol. The highest BCUT2D eigenvalue weighted by molar-refractivity contribution is 7.91. The van der Waals surface area contributed by atoms with E-state index in [0.29, 0.717) is 5.69 Å². The van der Waals surface area contributed by atoms with Crippen molar-refractivity contribution in [3.63, 3.8) is 0 Å². The molecule has 0 bridgehead atoms. The molecule has 0 aromatic heterocycles. The second kappa shape index (κ2) is 8.14. The lowest BCUT2D eigenvalue weighted by molar-refractivity contribution is -0.116. The maximum atomic E-state index is 12.4. The lowest BCUT2D eigenvalue weighted by Crippen LogP contribution is -2.18. The molecule has 2 amide bonds. The molecule has 2 rings (SSSR count). The van der Waals surface area contributed by atoms with Gasteiger partial charge in [-0.3, -0.25) is 9.59 Å². The first-order valence-electron chi connectivity index (χ1n) is 8.15. The summed E-state index contributed by atoms with van der Waals surface area (Å²) >= 11 is 0. The van der Waals surface area contributed by atoms with Crippen molar-refractivity contribution in [2.75, 3.05) is 16.4 Å². The highest BCUT2D eigenvalue weighted by Gasteiger charge is 2.17. The van der Waals surface area contributed by atoms with E-state index in [4.69, 9.17) is 0 Å². The standard InChI is InChI=1S/C19H22N2O4S/c1-13-5-4-6-14(2)19(13)21-18(23)11-12-26(24,25)17-9-7-16(8-10-17)20-15(3)22/h4-10H,11-12H2,1-3H3,(H,20,22)(H,21,23). The van der Waals surface area contributed by atoms with Gasteiger partial charge in [0.25, 0.3) is 0 Å². The molecule has 0 heterocycles. The molecular formula is C19H22N2O4S. The molecule has 2 N–H and O–H groups in total. The van der Waals surface area contributed by atoms with Gasteiger partial charge in [0.1, 0.15) is 0 Å². The molecule has 0 aliphatic rings. The van der Waals surface area contributed by atoms with E-state index >= 15 is 0 Å². The zero-order chi connectivity index (χ0) is 19.3. The first-order chi connectivity index (χ1) is 12.2. The average molecular weight is 374 g/mol. The van der Waals surface area contributed by atoms with Crippen LogP contribution < -0.4 is 10.6 Å². The van der Waals surface area contributed by atoms with Crippen LogP contribution in [-0.2, 0) is 19.4 Å². The van der Waals surface area contributed by atoms with Gasteiger partial charge in [-0.15, -0.1) is 0 Å². The van der Waals surface area contributed by atoms with Gasteiger partial charge in [0.05, 0.1) is 10.6 Å². The van der Waals surface area contributed by atoms with Gasteiger partial charge in [0.15, 0.2) is 9.84 Å². The summed E-state index contributed by atoms with van der Waals surface area (Å²) in [4.78, 5) is 23.3. The highest BCUT2D eigenvalue weighted by Crippen LogP contribution is 2.20. The number of hydrogen-bond acceptors (Lipinski definition) is 4. The third-order valence-electron chi connectivity index (χ3n) is 3.88. The van der Waals surface area contributed by atoms with Crippen LogP contribution in [0, 0.1) is 13.8 Å². The van der Waals surface area contributed by atoms with Crippen molar-refractivity contribution in [2.24, 2.45) is 0 Å². The second-order valence-corrected chi connectivity index (χ2v) is 8.20. The normalized spacial score (nSPS) is 11.0. The van der Waals surface area contributed by atoms with E-state index in [2.05, 4.69) is 10.6 Å². The van der Waals surface area contributed by atoms with E-state index in [0.717, 1.165) is 16.8 Å². The summed E-state index contributed by atoms with van der Waals surface area (Å²) in [6.07, 6.45) is -0.135. The summed E-state index contributed by atoms with van der Waals surface area (Å²) in [6.45, 7) is 5.14. The smallest absolute Gasteiger partial charge is 0.225 e. The Labute approximate surface area is 153 Å². The molecule has 0 aliphatic heterocycles. The van der Waals surface area contributed by atoms with Crippen LogP contribution in [0.25, 0.3) is 0 Å². The van der Waals surface area contributed by atoms with Crippen molar-refractivity contribution in [2.45, 2.75) is 32.1 Å². The summed E-state index contributed by atoms with van der Waals surface area (Å²) in [7, 11) is -3.59. The number of rotatable bonds is 6. The van der Waals surface area contributed by atoms with E-state index in [1.54, 1.807) is 0 Å². The van der Waals surface area contributed by atoms with Gasteiger partial charge in [0.2, 0.25) is 11.8 Å². The molecule has 0 aliphatic carbocycles. The molecule has 0 spiro atoms. The fourth-order valence-corrected chi connectivity index (χ4v) is 3.75. The molecule has 138 valence electrons. The molecule has 0 radical (unpaired) electrons. The van der Waals surface area contributed by atoms with Crippen molar-refractivity contribution in [3.05, 3.63) is 53.6 Å². The number of carbonyl (C=O) groups is 2. The fourth-order valence-electron chi connectivity index (χ4n) is 2.51. The van der Waals surface area contributed by atoms with Crippen molar-refractivity contribution in [1.29, 1.82) is 0 Å². The van der Waals surface area contributed by atoms with Gasteiger partial charge < -0.3 is 10.6 Å². The van der Waals surface area contributed by atoms with Gasteiger partial charge in [0, 0.05) is 24.7 Å². The van der Waals surface area contributed by atoms with Crippen molar-refractivity contribution in [3.8, 4) is 0 Å². The lowest BCUT2D eigenvalue weighted by atomic mass is 10.1. The zero-order valence-corrected chi connectivity index (χ0v) is 15.8. The summed E-state index contributed by atoms with van der Waals surface area (Å²) in [5, 5.41) is 5.36. The minimum Gasteiger partial charge on any atom is -0.326 e. The van der Waals surface area contributed by atoms with Gasteiger partial charge in [-0.2, -0.15) is 0 Å². The number of amides is 2. The number of benzene rings is 2. The van der Waals surface area contributed by atoms with E-state index in [9.17, 15) is 18.0 Å². The Morgan fingerprint density at radius 2 is 1.50 bits per heavy atom. The molecular weight excluding hydrogens is 352 g/mol. The van der Waals surface area contributed by atoms with E-state index in [1.165, 1.54) is 31.2 Å². The summed E-state index contributed by atoms with van der Waals surface area (Å²) in [5.41, 5.74) is 3.09. The van der Waals surface area contributed by atoms with Crippen LogP contribution >= 0.6 is 0 Å². The molecule has 2 aromatic rings. The number of para-hydroxylation sites is 1. The maximum Gasteiger partial charge on any atom is 0.225 e. The molecule has 26 heavy (non-hydrogen) atoms. The van der Waals surface area contributed by atoms with Crippen LogP contribution in [0.5, 0.6) is 0 Å². The Hall–Kier alpha value is -2.67. The quantitative estimate of drug-likeness (QED) is 0.813. The molecule has 0 unspecified atom stereocenters. The van der Waals surface area contributed by atoms with Crippen molar-refractivity contribution >= 4 is 33.0 Å². The van der Waals surface area contributed by atoms with Gasteiger partial charge >= 0.3 is 0 Å². The van der Waals surface area contributed by atoms with E-state index in [-0.39, 0.29) is 28.9 Å². The molecule has 0 fully saturated rings. The zero-order valence-electron chi connectivity index (χ0n) is 15.0. The van der Waals surface area contributed by atoms with Crippen LogP contribution in [0.1, 0.15) is 24.5 Å². The van der Waals surface area contributed by atoms with Crippen LogP contribution in [0.2, 0.25) is 0 Å². The van der Waals surface area contributed by atoms with E-state index in [1.807, 2.05) is 32.0 Å². The lowest BCUT2D eigenvalue weighted by Gasteiger charge is -2.11. The minimum atomic E-state index is -3.59. The topological polar surface area (TPSA) is 92.3 Å². The van der Waals surface area contributed by atoms with Gasteiger partial charge in [-0.25, -0.2) is 8.42 Å². The average Bonchev–Trinajstić information content (AvgIpc) is 2.56. The Kier molecular flexibility index (Phi) is 6.15. The first-order valence-corrected chi connectivity index (χ1v) is 9.81. The maximum absolute atomic E-state index is 12.4. The molecule has 0 saturated heterocycles. The SMILES string of the molecule is CC(=O)Nc1ccc(S(=O)(=O)CCC(=O)Nc2c(C)cccc2C)cc1. The monoisotopic (exact) mass is 374 g/mol. The molecule has 0 atom stereocenters. The van der Waals surface area contributed by atoms with Crippen LogP contribution in [0.4, 0.5) is 11.4 Å². The van der Waals surface area contributed by atoms with Crippen molar-refractivity contribution in [1.82, 2.24) is 0 Å². The van der Waals surface area contributed by atoms with Crippen molar-refractivity contribution < 1.29 is 18.0 Å². The largest absolute Gasteiger partial charge is 0.326 e. The first kappa shape index (κ1) is 19.7. The van der Waals surface area contributed by atoms with Crippen LogP contribution in [0.15, 0.2) is 47.4 Å². The Morgan fingerprint density at radius 1 is 0.923 bits per heavy atom. The Morgan fingerprint density at radius 3 is 2.04 bits per heavy atom. The number of sulfone groups is 1. The molecule has 0 saturated carbocycles. The minimum absolute atomic E-state index is 0.117. The molecule has 7 heteroatoms. The second-order valence-electron chi connectivity index (χ2n) is 6.09. The number of hydrogen-bond donors (Lipinski definition) is 2. The Balaban J connectivity index is 2.01. The molecule has 6 nitrogen and oxygen atoms in total. The fraction of sp³-hybridized carbons (Fsp3) is 0.263. The third-order valence-corrected chi connectivity index (χ3v) is 5.61.